The summed E-state index contributed by atoms with van der Waals surface area (Å²) < 4.78 is 2.80. The Kier molecular flexibility index (Phi) is 8.16. The molecule has 0 atom stereocenters. The van der Waals surface area contributed by atoms with Crippen LogP contribution in [0.15, 0.2) is 61.5 Å². The third-order valence-corrected chi connectivity index (χ3v) is 6.63. The van der Waals surface area contributed by atoms with Crippen molar-refractivity contribution in [1.29, 1.82) is 0 Å². The SMILES string of the molecule is CCc1cc(Br)cc(C)c1NC(=O)CSC(=Nc1ccccc1)c1c(O)n(C)c(=O)n(C)c1=O. The number of anilines is 1. The first-order valence-corrected chi connectivity index (χ1v) is 12.3. The molecule has 3 aromatic rings. The highest BCUT2D eigenvalue weighted by Crippen LogP contribution is 2.27. The lowest BCUT2D eigenvalue weighted by Crippen LogP contribution is -2.39. The van der Waals surface area contributed by atoms with Crippen LogP contribution < -0.4 is 16.6 Å². The highest BCUT2D eigenvalue weighted by Gasteiger charge is 2.22. The lowest BCUT2D eigenvalue weighted by molar-refractivity contribution is -0.113. The Labute approximate surface area is 209 Å². The molecular formula is C24H25BrN4O4S. The number of para-hydroxylation sites is 1. The maximum atomic E-state index is 12.9. The number of aromatic nitrogens is 2. The van der Waals surface area contributed by atoms with E-state index in [1.165, 1.54) is 14.1 Å². The van der Waals surface area contributed by atoms with Crippen LogP contribution in [0.4, 0.5) is 11.4 Å². The van der Waals surface area contributed by atoms with Gasteiger partial charge in [-0.15, -0.1) is 0 Å². The van der Waals surface area contributed by atoms with Crippen LogP contribution >= 0.6 is 27.7 Å². The molecule has 0 saturated heterocycles. The summed E-state index contributed by atoms with van der Waals surface area (Å²) >= 11 is 4.49. The van der Waals surface area contributed by atoms with E-state index in [0.717, 1.165) is 48.6 Å². The number of thioether (sulfide) groups is 1. The van der Waals surface area contributed by atoms with Gasteiger partial charge in [0, 0.05) is 24.3 Å². The van der Waals surface area contributed by atoms with E-state index in [4.69, 9.17) is 0 Å². The molecule has 0 spiro atoms. The number of halogens is 1. The van der Waals surface area contributed by atoms with Crippen LogP contribution in [-0.4, -0.2) is 30.9 Å². The third-order valence-electron chi connectivity index (χ3n) is 5.20. The highest BCUT2D eigenvalue weighted by atomic mass is 79.9. The second-order valence-electron chi connectivity index (χ2n) is 7.60. The van der Waals surface area contributed by atoms with Gasteiger partial charge in [-0.05, 0) is 48.7 Å². The summed E-state index contributed by atoms with van der Waals surface area (Å²) in [5, 5.41) is 13.7. The summed E-state index contributed by atoms with van der Waals surface area (Å²) in [5.41, 5.74) is 1.71. The molecule has 0 aliphatic rings. The number of hydrogen-bond donors (Lipinski definition) is 2. The first-order valence-electron chi connectivity index (χ1n) is 10.5. The van der Waals surface area contributed by atoms with E-state index in [1.807, 2.05) is 32.0 Å². The number of amides is 1. The molecule has 2 aromatic carbocycles. The van der Waals surface area contributed by atoms with E-state index < -0.39 is 17.1 Å². The van der Waals surface area contributed by atoms with Crippen molar-refractivity contribution in [2.24, 2.45) is 19.1 Å². The van der Waals surface area contributed by atoms with E-state index in [1.54, 1.807) is 24.3 Å². The summed E-state index contributed by atoms with van der Waals surface area (Å²) in [7, 11) is 2.69. The number of carbonyl (C=O) groups excluding carboxylic acids is 1. The van der Waals surface area contributed by atoms with Crippen molar-refractivity contribution in [2.45, 2.75) is 20.3 Å². The van der Waals surface area contributed by atoms with Crippen LogP contribution in [0.1, 0.15) is 23.6 Å². The van der Waals surface area contributed by atoms with Crippen molar-refractivity contribution in [3.05, 3.63) is 84.5 Å². The van der Waals surface area contributed by atoms with Crippen molar-refractivity contribution in [3.8, 4) is 5.88 Å². The van der Waals surface area contributed by atoms with Gasteiger partial charge in [-0.3, -0.25) is 18.7 Å². The molecule has 0 aliphatic heterocycles. The lowest BCUT2D eigenvalue weighted by Gasteiger charge is -2.15. The molecule has 0 aliphatic carbocycles. The first kappa shape index (κ1) is 25.5. The molecule has 34 heavy (non-hydrogen) atoms. The Morgan fingerprint density at radius 1 is 1.15 bits per heavy atom. The second kappa shape index (κ2) is 10.9. The minimum Gasteiger partial charge on any atom is -0.494 e. The number of aliphatic imine (C=N–C) groups is 1. The molecule has 0 fully saturated rings. The van der Waals surface area contributed by atoms with Crippen LogP contribution in [0, 0.1) is 6.92 Å². The summed E-state index contributed by atoms with van der Waals surface area (Å²) in [6.07, 6.45) is 0.742. The first-order chi connectivity index (χ1) is 16.1. The lowest BCUT2D eigenvalue weighted by atomic mass is 10.1. The smallest absolute Gasteiger partial charge is 0.333 e. The van der Waals surface area contributed by atoms with Gasteiger partial charge in [-0.2, -0.15) is 0 Å². The maximum Gasteiger partial charge on any atom is 0.333 e. The average Bonchev–Trinajstić information content (AvgIpc) is 2.82. The number of carbonyl (C=O) groups is 1. The Hall–Kier alpha value is -3.11. The van der Waals surface area contributed by atoms with E-state index in [0.29, 0.717) is 5.69 Å². The summed E-state index contributed by atoms with van der Waals surface area (Å²) in [5.74, 6) is -0.852. The summed E-state index contributed by atoms with van der Waals surface area (Å²) in [4.78, 5) is 42.4. The van der Waals surface area contributed by atoms with Crippen LogP contribution in [0.5, 0.6) is 5.88 Å². The minimum atomic E-state index is -0.694. The highest BCUT2D eigenvalue weighted by molar-refractivity contribution is 9.10. The van der Waals surface area contributed by atoms with Crippen molar-refractivity contribution in [2.75, 3.05) is 11.1 Å². The largest absolute Gasteiger partial charge is 0.494 e. The normalized spacial score (nSPS) is 11.5. The number of hydrogen-bond acceptors (Lipinski definition) is 6. The zero-order valence-electron chi connectivity index (χ0n) is 19.3. The quantitative estimate of drug-likeness (QED) is 0.362. The Morgan fingerprint density at radius 3 is 2.47 bits per heavy atom. The third kappa shape index (κ3) is 5.51. The molecule has 0 bridgehead atoms. The van der Waals surface area contributed by atoms with Gasteiger partial charge in [0.25, 0.3) is 5.56 Å². The molecule has 0 radical (unpaired) electrons. The summed E-state index contributed by atoms with van der Waals surface area (Å²) in [6, 6.07) is 12.8. The van der Waals surface area contributed by atoms with Crippen LogP contribution in [0.25, 0.3) is 0 Å². The number of rotatable bonds is 6. The molecule has 1 amide bonds. The number of benzene rings is 2. The van der Waals surface area contributed by atoms with Crippen LogP contribution in [-0.2, 0) is 25.3 Å². The van der Waals surface area contributed by atoms with E-state index in [2.05, 4.69) is 26.2 Å². The van der Waals surface area contributed by atoms with E-state index in [-0.39, 0.29) is 22.3 Å². The molecule has 0 unspecified atom stereocenters. The maximum absolute atomic E-state index is 12.9. The Morgan fingerprint density at radius 2 is 1.82 bits per heavy atom. The van der Waals surface area contributed by atoms with Gasteiger partial charge >= 0.3 is 5.69 Å². The van der Waals surface area contributed by atoms with Gasteiger partial charge in [0.15, 0.2) is 0 Å². The molecule has 8 nitrogen and oxygen atoms in total. The minimum absolute atomic E-state index is 0.0598. The molecule has 3 rings (SSSR count). The molecule has 10 heteroatoms. The van der Waals surface area contributed by atoms with Gasteiger partial charge in [-0.25, -0.2) is 9.79 Å². The van der Waals surface area contributed by atoms with E-state index in [9.17, 15) is 19.5 Å². The molecule has 178 valence electrons. The molecule has 2 N–H and O–H groups in total. The van der Waals surface area contributed by atoms with Crippen molar-refractivity contribution in [3.63, 3.8) is 0 Å². The topological polar surface area (TPSA) is 106 Å². The van der Waals surface area contributed by atoms with Crippen LogP contribution in [0.3, 0.4) is 0 Å². The van der Waals surface area contributed by atoms with Gasteiger partial charge in [-0.1, -0.05) is 52.8 Å². The van der Waals surface area contributed by atoms with E-state index >= 15 is 0 Å². The van der Waals surface area contributed by atoms with Crippen LogP contribution in [0.2, 0.25) is 0 Å². The molecule has 1 heterocycles. The van der Waals surface area contributed by atoms with Gasteiger partial charge in [0.2, 0.25) is 11.8 Å². The van der Waals surface area contributed by atoms with Crippen molar-refractivity contribution < 1.29 is 9.90 Å². The Bertz CT molecular complexity index is 1380. The predicted molar refractivity (Wildman–Crippen MR) is 141 cm³/mol. The molecule has 1 aromatic heterocycles. The monoisotopic (exact) mass is 544 g/mol. The fourth-order valence-corrected chi connectivity index (χ4v) is 4.83. The second-order valence-corrected chi connectivity index (χ2v) is 9.48. The summed E-state index contributed by atoms with van der Waals surface area (Å²) in [6.45, 7) is 3.93. The zero-order valence-corrected chi connectivity index (χ0v) is 21.7. The standard InChI is InChI=1S/C24H25BrN4O4S/c1-5-15-12-16(25)11-14(2)20(15)27-18(30)13-34-21(26-17-9-7-6-8-10-17)19-22(31)28(3)24(33)29(4)23(19)32/h6-12,31H,5,13H2,1-4H3,(H,27,30). The Balaban J connectivity index is 1.97. The fourth-order valence-electron chi connectivity index (χ4n) is 3.38. The number of nitrogens with one attached hydrogen (secondary N) is 1. The average molecular weight is 545 g/mol. The molecule has 0 saturated carbocycles. The zero-order chi connectivity index (χ0) is 25.0. The number of nitrogens with zero attached hydrogens (tertiary/aromatic N) is 3. The molecular weight excluding hydrogens is 520 g/mol. The number of aryl methyl sites for hydroxylation is 2. The van der Waals surface area contributed by atoms with Gasteiger partial charge in [0.1, 0.15) is 10.6 Å². The van der Waals surface area contributed by atoms with Crippen molar-refractivity contribution in [1.82, 2.24) is 9.13 Å². The van der Waals surface area contributed by atoms with Crippen molar-refractivity contribution >= 4 is 50.0 Å². The van der Waals surface area contributed by atoms with Gasteiger partial charge < -0.3 is 10.4 Å². The predicted octanol–water partition coefficient (Wildman–Crippen LogP) is 3.87. The number of aromatic hydroxyl groups is 1. The fraction of sp³-hybridized carbons (Fsp3) is 0.250. The van der Waals surface area contributed by atoms with Gasteiger partial charge in [0.05, 0.1) is 11.4 Å².